The van der Waals surface area contributed by atoms with Crippen molar-refractivity contribution in [3.05, 3.63) is 0 Å². The second kappa shape index (κ2) is 4.12. The third-order valence-corrected chi connectivity index (χ3v) is 4.00. The zero-order valence-electron chi connectivity index (χ0n) is 9.96. The normalized spacial score (nSPS) is 26.9. The lowest BCUT2D eigenvalue weighted by molar-refractivity contribution is -0.142. The van der Waals surface area contributed by atoms with Crippen LogP contribution in [0.5, 0.6) is 0 Å². The molecule has 2 fully saturated rings. The van der Waals surface area contributed by atoms with Gasteiger partial charge in [0, 0.05) is 18.5 Å². The summed E-state index contributed by atoms with van der Waals surface area (Å²) in [5.74, 6) is 0.410. The molecular weight excluding hydrogens is 188 g/mol. The highest BCUT2D eigenvalue weighted by atomic mass is 16.2. The molecule has 86 valence electrons. The standard InChI is InChI=1S/C12H22N2O/c1-12(5-9-13(2)10-6-12)11(15)14-7-3-4-8-14/h3-10H2,1-2H3. The lowest BCUT2D eigenvalue weighted by Gasteiger charge is -2.38. The molecule has 0 atom stereocenters. The van der Waals surface area contributed by atoms with E-state index in [1.54, 1.807) is 0 Å². The molecule has 2 heterocycles. The first-order chi connectivity index (χ1) is 7.12. The topological polar surface area (TPSA) is 23.6 Å². The molecule has 0 unspecified atom stereocenters. The van der Waals surface area contributed by atoms with Crippen molar-refractivity contribution in [1.82, 2.24) is 9.80 Å². The van der Waals surface area contributed by atoms with Crippen molar-refractivity contribution in [3.8, 4) is 0 Å². The van der Waals surface area contributed by atoms with E-state index in [-0.39, 0.29) is 5.41 Å². The molecule has 0 aromatic carbocycles. The smallest absolute Gasteiger partial charge is 0.228 e. The van der Waals surface area contributed by atoms with Crippen LogP contribution in [0.4, 0.5) is 0 Å². The number of hydrogen-bond donors (Lipinski definition) is 0. The van der Waals surface area contributed by atoms with Gasteiger partial charge in [-0.05, 0) is 45.8 Å². The van der Waals surface area contributed by atoms with Gasteiger partial charge < -0.3 is 9.80 Å². The molecule has 0 spiro atoms. The summed E-state index contributed by atoms with van der Waals surface area (Å²) < 4.78 is 0. The molecule has 0 aromatic heterocycles. The summed E-state index contributed by atoms with van der Waals surface area (Å²) in [6, 6.07) is 0. The molecule has 3 nitrogen and oxygen atoms in total. The largest absolute Gasteiger partial charge is 0.342 e. The third kappa shape index (κ3) is 2.17. The minimum Gasteiger partial charge on any atom is -0.342 e. The highest BCUT2D eigenvalue weighted by Gasteiger charge is 2.39. The fourth-order valence-electron chi connectivity index (χ4n) is 2.63. The van der Waals surface area contributed by atoms with E-state index in [1.807, 2.05) is 0 Å². The fraction of sp³-hybridized carbons (Fsp3) is 0.917. The van der Waals surface area contributed by atoms with Gasteiger partial charge in [0.2, 0.25) is 5.91 Å². The second-order valence-electron chi connectivity index (χ2n) is 5.36. The molecule has 0 aliphatic carbocycles. The Kier molecular flexibility index (Phi) is 3.01. The van der Waals surface area contributed by atoms with Crippen LogP contribution in [-0.2, 0) is 4.79 Å². The van der Waals surface area contributed by atoms with Crippen LogP contribution in [-0.4, -0.2) is 48.9 Å². The number of rotatable bonds is 1. The summed E-state index contributed by atoms with van der Waals surface area (Å²) in [5, 5.41) is 0. The Bertz CT molecular complexity index is 238. The van der Waals surface area contributed by atoms with Crippen molar-refractivity contribution in [3.63, 3.8) is 0 Å². The molecule has 2 aliphatic heterocycles. The summed E-state index contributed by atoms with van der Waals surface area (Å²) in [5.41, 5.74) is -0.0726. The van der Waals surface area contributed by atoms with Gasteiger partial charge in [-0.3, -0.25) is 4.79 Å². The summed E-state index contributed by atoms with van der Waals surface area (Å²) in [4.78, 5) is 16.7. The van der Waals surface area contributed by atoms with Gasteiger partial charge >= 0.3 is 0 Å². The van der Waals surface area contributed by atoms with Gasteiger partial charge in [0.25, 0.3) is 0 Å². The summed E-state index contributed by atoms with van der Waals surface area (Å²) in [6.07, 6.45) is 4.45. The van der Waals surface area contributed by atoms with Crippen molar-refractivity contribution in [2.75, 3.05) is 33.2 Å². The second-order valence-corrected chi connectivity index (χ2v) is 5.36. The monoisotopic (exact) mass is 210 g/mol. The Morgan fingerprint density at radius 3 is 2.13 bits per heavy atom. The van der Waals surface area contributed by atoms with Crippen molar-refractivity contribution >= 4 is 5.91 Å². The minimum atomic E-state index is -0.0726. The van der Waals surface area contributed by atoms with Gasteiger partial charge in [0.05, 0.1) is 0 Å². The number of likely N-dealkylation sites (tertiary alicyclic amines) is 2. The number of carbonyl (C=O) groups excluding carboxylic acids is 1. The summed E-state index contributed by atoms with van der Waals surface area (Å²) >= 11 is 0. The van der Waals surface area contributed by atoms with Gasteiger partial charge in [-0.15, -0.1) is 0 Å². The number of amides is 1. The fourth-order valence-corrected chi connectivity index (χ4v) is 2.63. The van der Waals surface area contributed by atoms with Crippen LogP contribution in [0.25, 0.3) is 0 Å². The maximum Gasteiger partial charge on any atom is 0.228 e. The van der Waals surface area contributed by atoms with Gasteiger partial charge in [-0.25, -0.2) is 0 Å². The van der Waals surface area contributed by atoms with Crippen LogP contribution in [0.3, 0.4) is 0 Å². The van der Waals surface area contributed by atoms with E-state index in [0.29, 0.717) is 5.91 Å². The maximum atomic E-state index is 12.3. The van der Waals surface area contributed by atoms with Crippen LogP contribution in [0, 0.1) is 5.41 Å². The lowest BCUT2D eigenvalue weighted by atomic mass is 9.79. The molecule has 2 rings (SSSR count). The molecule has 0 radical (unpaired) electrons. The van der Waals surface area contributed by atoms with Gasteiger partial charge in [-0.1, -0.05) is 6.92 Å². The zero-order chi connectivity index (χ0) is 10.9. The van der Waals surface area contributed by atoms with Crippen LogP contribution in [0.2, 0.25) is 0 Å². The molecule has 1 amide bonds. The predicted molar refractivity (Wildman–Crippen MR) is 60.7 cm³/mol. The molecule has 0 saturated carbocycles. The third-order valence-electron chi connectivity index (χ3n) is 4.00. The van der Waals surface area contributed by atoms with Crippen LogP contribution >= 0.6 is 0 Å². The van der Waals surface area contributed by atoms with Gasteiger partial charge in [0.15, 0.2) is 0 Å². The van der Waals surface area contributed by atoms with Gasteiger partial charge in [-0.2, -0.15) is 0 Å². The van der Waals surface area contributed by atoms with E-state index in [9.17, 15) is 4.79 Å². The summed E-state index contributed by atoms with van der Waals surface area (Å²) in [6.45, 7) is 6.27. The molecule has 2 aliphatic rings. The number of nitrogens with zero attached hydrogens (tertiary/aromatic N) is 2. The molecule has 3 heteroatoms. The Hall–Kier alpha value is -0.570. The zero-order valence-corrected chi connectivity index (χ0v) is 9.96. The Labute approximate surface area is 92.4 Å². The number of piperidine rings is 1. The summed E-state index contributed by atoms with van der Waals surface area (Å²) in [7, 11) is 2.14. The van der Waals surface area contributed by atoms with Gasteiger partial charge in [0.1, 0.15) is 0 Å². The van der Waals surface area contributed by atoms with E-state index >= 15 is 0 Å². The number of carbonyl (C=O) groups is 1. The minimum absolute atomic E-state index is 0.0726. The maximum absolute atomic E-state index is 12.3. The first-order valence-corrected chi connectivity index (χ1v) is 6.10. The predicted octanol–water partition coefficient (Wildman–Crippen LogP) is 1.34. The lowest BCUT2D eigenvalue weighted by Crippen LogP contribution is -2.47. The van der Waals surface area contributed by atoms with E-state index in [2.05, 4.69) is 23.8 Å². The molecule has 0 bridgehead atoms. The molecular formula is C12H22N2O. The first kappa shape index (κ1) is 10.9. The molecule has 0 N–H and O–H groups in total. The highest BCUT2D eigenvalue weighted by molar-refractivity contribution is 5.82. The average Bonchev–Trinajstić information content (AvgIpc) is 2.75. The van der Waals surface area contributed by atoms with E-state index in [1.165, 1.54) is 12.8 Å². The van der Waals surface area contributed by atoms with E-state index in [4.69, 9.17) is 0 Å². The van der Waals surface area contributed by atoms with Crippen LogP contribution in [0.15, 0.2) is 0 Å². The Balaban J connectivity index is 1.98. The van der Waals surface area contributed by atoms with Crippen LogP contribution < -0.4 is 0 Å². The average molecular weight is 210 g/mol. The van der Waals surface area contributed by atoms with Crippen molar-refractivity contribution < 1.29 is 4.79 Å². The Morgan fingerprint density at radius 2 is 1.60 bits per heavy atom. The number of hydrogen-bond acceptors (Lipinski definition) is 2. The van der Waals surface area contributed by atoms with Crippen molar-refractivity contribution in [2.24, 2.45) is 5.41 Å². The SMILES string of the molecule is CN1CCC(C)(C(=O)N2CCCC2)CC1. The highest BCUT2D eigenvalue weighted by Crippen LogP contribution is 2.33. The van der Waals surface area contributed by atoms with Crippen LogP contribution in [0.1, 0.15) is 32.6 Å². The van der Waals surface area contributed by atoms with Crippen molar-refractivity contribution in [1.29, 1.82) is 0 Å². The Morgan fingerprint density at radius 1 is 1.07 bits per heavy atom. The van der Waals surface area contributed by atoms with Crippen molar-refractivity contribution in [2.45, 2.75) is 32.6 Å². The molecule has 15 heavy (non-hydrogen) atoms. The first-order valence-electron chi connectivity index (χ1n) is 6.10. The van der Waals surface area contributed by atoms with E-state index < -0.39 is 0 Å². The molecule has 0 aromatic rings. The molecule has 2 saturated heterocycles. The quantitative estimate of drug-likeness (QED) is 0.652. The van der Waals surface area contributed by atoms with E-state index in [0.717, 1.165) is 39.0 Å².